The fourth-order valence-corrected chi connectivity index (χ4v) is 4.94. The van der Waals surface area contributed by atoms with E-state index in [1.807, 2.05) is 70.5 Å². The molecule has 1 heterocycles. The number of carbonyl (C=O) groups excluding carboxylic acids is 2. The molecule has 3 aromatic carbocycles. The van der Waals surface area contributed by atoms with Crippen LogP contribution in [0, 0.1) is 0 Å². The third-order valence-electron chi connectivity index (χ3n) is 6.80. The van der Waals surface area contributed by atoms with Crippen molar-refractivity contribution < 1.29 is 19.1 Å². The smallest absolute Gasteiger partial charge is 0.254 e. The van der Waals surface area contributed by atoms with Crippen LogP contribution in [0.5, 0.6) is 11.5 Å². The highest BCUT2D eigenvalue weighted by molar-refractivity contribution is 9.10. The molecule has 0 spiro atoms. The molecule has 1 fully saturated rings. The minimum absolute atomic E-state index is 0.0363. The maximum absolute atomic E-state index is 13.5. The van der Waals surface area contributed by atoms with Gasteiger partial charge in [0, 0.05) is 67.0 Å². The zero-order valence-corrected chi connectivity index (χ0v) is 24.0. The van der Waals surface area contributed by atoms with E-state index in [1.165, 1.54) is 0 Å². The Labute approximate surface area is 238 Å². The van der Waals surface area contributed by atoms with Gasteiger partial charge in [-0.15, -0.1) is 0 Å². The number of hydrogen-bond acceptors (Lipinski definition) is 5. The molecule has 0 radical (unpaired) electrons. The first kappa shape index (κ1) is 28.4. The van der Waals surface area contributed by atoms with Crippen molar-refractivity contribution in [3.05, 3.63) is 100 Å². The molecule has 39 heavy (non-hydrogen) atoms. The van der Waals surface area contributed by atoms with E-state index in [1.54, 1.807) is 38.5 Å². The number of rotatable bonds is 10. The lowest BCUT2D eigenvalue weighted by Gasteiger charge is -2.36. The summed E-state index contributed by atoms with van der Waals surface area (Å²) in [6.07, 6.45) is 3.98. The van der Waals surface area contributed by atoms with Crippen molar-refractivity contribution in [1.29, 1.82) is 0 Å². The van der Waals surface area contributed by atoms with Gasteiger partial charge in [0.15, 0.2) is 0 Å². The molecule has 2 amide bonds. The third kappa shape index (κ3) is 7.71. The normalized spacial score (nSPS) is 13.9. The molecule has 0 aromatic heterocycles. The maximum atomic E-state index is 13.5. The number of halogens is 1. The van der Waals surface area contributed by atoms with Gasteiger partial charge in [-0.1, -0.05) is 52.3 Å². The number of benzene rings is 3. The average molecular weight is 593 g/mol. The van der Waals surface area contributed by atoms with Crippen LogP contribution < -0.4 is 9.47 Å². The summed E-state index contributed by atoms with van der Waals surface area (Å²) in [6, 6.07) is 22.5. The van der Waals surface area contributed by atoms with Crippen LogP contribution >= 0.6 is 15.9 Å². The lowest BCUT2D eigenvalue weighted by atomic mass is 10.1. The van der Waals surface area contributed by atoms with Crippen LogP contribution in [0.25, 0.3) is 6.08 Å². The first-order valence-electron chi connectivity index (χ1n) is 13.0. The second-order valence-corrected chi connectivity index (χ2v) is 10.2. The lowest BCUT2D eigenvalue weighted by molar-refractivity contribution is 0.0609. The van der Waals surface area contributed by atoms with E-state index in [2.05, 4.69) is 20.8 Å². The quantitative estimate of drug-likeness (QED) is 0.329. The van der Waals surface area contributed by atoms with Gasteiger partial charge < -0.3 is 19.3 Å². The maximum Gasteiger partial charge on any atom is 0.254 e. The number of piperazine rings is 1. The Hall–Kier alpha value is -3.62. The van der Waals surface area contributed by atoms with Crippen LogP contribution in [0.3, 0.4) is 0 Å². The minimum Gasteiger partial charge on any atom is -0.497 e. The molecule has 1 aliphatic heterocycles. The number of hydrogen-bond donors (Lipinski definition) is 0. The fourth-order valence-electron chi connectivity index (χ4n) is 4.54. The van der Waals surface area contributed by atoms with Crippen molar-refractivity contribution in [2.75, 3.05) is 60.0 Å². The molecule has 0 atom stereocenters. The molecule has 7 nitrogen and oxygen atoms in total. The van der Waals surface area contributed by atoms with E-state index >= 15 is 0 Å². The number of nitrogens with zero attached hydrogens (tertiary/aromatic N) is 3. The zero-order valence-electron chi connectivity index (χ0n) is 22.4. The predicted molar refractivity (Wildman–Crippen MR) is 157 cm³/mol. The minimum atomic E-state index is -0.0363. The molecule has 204 valence electrons. The van der Waals surface area contributed by atoms with Gasteiger partial charge in [-0.05, 0) is 48.5 Å². The summed E-state index contributed by atoms with van der Waals surface area (Å²) in [7, 11) is 3.26. The van der Waals surface area contributed by atoms with Crippen LogP contribution in [-0.2, 0) is 0 Å². The Bertz CT molecular complexity index is 1290. The summed E-state index contributed by atoms with van der Waals surface area (Å²) >= 11 is 3.44. The molecule has 0 N–H and O–H groups in total. The monoisotopic (exact) mass is 591 g/mol. The molecule has 0 unspecified atom stereocenters. The van der Waals surface area contributed by atoms with Gasteiger partial charge >= 0.3 is 0 Å². The fraction of sp³-hybridized carbons (Fsp3) is 0.290. The molecule has 1 aliphatic rings. The Morgan fingerprint density at radius 1 is 0.897 bits per heavy atom. The van der Waals surface area contributed by atoms with Gasteiger partial charge in [0.05, 0.1) is 14.2 Å². The van der Waals surface area contributed by atoms with E-state index in [-0.39, 0.29) is 11.8 Å². The second kappa shape index (κ2) is 14.0. The largest absolute Gasteiger partial charge is 0.497 e. The van der Waals surface area contributed by atoms with E-state index < -0.39 is 0 Å². The number of methoxy groups -OCH3 is 2. The highest BCUT2D eigenvalue weighted by atomic mass is 79.9. The molecule has 3 aromatic rings. The van der Waals surface area contributed by atoms with Crippen LogP contribution in [0.2, 0.25) is 0 Å². The summed E-state index contributed by atoms with van der Waals surface area (Å²) in [6.45, 7) is 4.61. The molecular formula is C31H34BrN3O4. The number of carbonyl (C=O) groups is 2. The lowest BCUT2D eigenvalue weighted by Crippen LogP contribution is -2.50. The average Bonchev–Trinajstić information content (AvgIpc) is 2.98. The van der Waals surface area contributed by atoms with Crippen molar-refractivity contribution in [3.63, 3.8) is 0 Å². The van der Waals surface area contributed by atoms with Crippen LogP contribution in [0.15, 0.2) is 83.3 Å². The third-order valence-corrected chi connectivity index (χ3v) is 7.30. The molecule has 0 saturated carbocycles. The molecular weight excluding hydrogens is 558 g/mol. The highest BCUT2D eigenvalue weighted by Gasteiger charge is 2.23. The number of para-hydroxylation sites is 1. The van der Waals surface area contributed by atoms with Gasteiger partial charge in [-0.2, -0.15) is 0 Å². The first-order chi connectivity index (χ1) is 19.0. The van der Waals surface area contributed by atoms with Gasteiger partial charge in [-0.25, -0.2) is 0 Å². The Kier molecular flexibility index (Phi) is 10.2. The topological polar surface area (TPSA) is 62.3 Å². The number of amides is 2. The van der Waals surface area contributed by atoms with E-state index in [0.29, 0.717) is 43.1 Å². The van der Waals surface area contributed by atoms with Crippen LogP contribution in [-0.4, -0.2) is 86.5 Å². The summed E-state index contributed by atoms with van der Waals surface area (Å²) in [5.74, 6) is 1.51. The molecule has 4 rings (SSSR count). The van der Waals surface area contributed by atoms with Gasteiger partial charge in [-0.3, -0.25) is 14.5 Å². The van der Waals surface area contributed by atoms with Gasteiger partial charge in [0.2, 0.25) is 0 Å². The highest BCUT2D eigenvalue weighted by Crippen LogP contribution is 2.19. The molecule has 0 aliphatic carbocycles. The number of ether oxygens (including phenoxy) is 2. The standard InChI is InChI=1S/C31H34BrN3O4/c1-38-28-14-12-25(13-15-28)30(36)34(16-6-9-24-7-3-4-11-29(24)39-2)20-17-33-18-21-35(22-19-33)31(37)26-8-5-10-27(32)23-26/h3-15,23H,16-22H2,1-2H3/b9-6+. The zero-order chi connectivity index (χ0) is 27.6. The van der Waals surface area contributed by atoms with Crippen molar-refractivity contribution >= 4 is 33.8 Å². The Balaban J connectivity index is 1.38. The summed E-state index contributed by atoms with van der Waals surface area (Å²) < 4.78 is 11.6. The van der Waals surface area contributed by atoms with Gasteiger partial charge in [0.25, 0.3) is 11.8 Å². The van der Waals surface area contributed by atoms with Crippen molar-refractivity contribution in [2.24, 2.45) is 0 Å². The first-order valence-corrected chi connectivity index (χ1v) is 13.8. The second-order valence-electron chi connectivity index (χ2n) is 9.27. The van der Waals surface area contributed by atoms with Crippen molar-refractivity contribution in [2.45, 2.75) is 0 Å². The van der Waals surface area contributed by atoms with Crippen LogP contribution in [0.1, 0.15) is 26.3 Å². The predicted octanol–water partition coefficient (Wildman–Crippen LogP) is 5.08. The SMILES string of the molecule is COc1ccc(C(=O)N(C/C=C/c2ccccc2OC)CCN2CCN(C(=O)c3cccc(Br)c3)CC2)cc1. The van der Waals surface area contributed by atoms with E-state index in [9.17, 15) is 9.59 Å². The Morgan fingerprint density at radius 2 is 1.64 bits per heavy atom. The van der Waals surface area contributed by atoms with Crippen molar-refractivity contribution in [3.8, 4) is 11.5 Å². The van der Waals surface area contributed by atoms with Gasteiger partial charge in [0.1, 0.15) is 11.5 Å². The molecule has 0 bridgehead atoms. The molecule has 8 heteroatoms. The van der Waals surface area contributed by atoms with Crippen LogP contribution in [0.4, 0.5) is 0 Å². The summed E-state index contributed by atoms with van der Waals surface area (Å²) in [4.78, 5) is 32.4. The Morgan fingerprint density at radius 3 is 2.33 bits per heavy atom. The summed E-state index contributed by atoms with van der Waals surface area (Å²) in [5, 5.41) is 0. The summed E-state index contributed by atoms with van der Waals surface area (Å²) in [5.41, 5.74) is 2.27. The van der Waals surface area contributed by atoms with E-state index in [4.69, 9.17) is 9.47 Å². The molecule has 1 saturated heterocycles. The van der Waals surface area contributed by atoms with E-state index in [0.717, 1.165) is 35.4 Å². The van der Waals surface area contributed by atoms with Crippen molar-refractivity contribution in [1.82, 2.24) is 14.7 Å².